The van der Waals surface area contributed by atoms with Gasteiger partial charge in [-0.2, -0.15) is 0 Å². The lowest BCUT2D eigenvalue weighted by Crippen LogP contribution is -2.11. The Labute approximate surface area is 169 Å². The molecule has 2 N–H and O–H groups in total. The summed E-state index contributed by atoms with van der Waals surface area (Å²) in [5, 5.41) is 9.34. The van der Waals surface area contributed by atoms with E-state index in [1.165, 1.54) is 0 Å². The highest BCUT2D eigenvalue weighted by Gasteiger charge is 2.16. The van der Waals surface area contributed by atoms with Crippen molar-refractivity contribution < 1.29 is 18.3 Å². The number of aliphatic hydroxyl groups excluding tert-OH is 1. The van der Waals surface area contributed by atoms with Crippen molar-refractivity contribution >= 4 is 15.7 Å². The van der Waals surface area contributed by atoms with Crippen LogP contribution in [0, 0.1) is 20.8 Å². The molecule has 0 spiro atoms. The zero-order valence-corrected chi connectivity index (χ0v) is 17.4. The summed E-state index contributed by atoms with van der Waals surface area (Å²) in [5.41, 5.74) is 4.43. The van der Waals surface area contributed by atoms with Crippen LogP contribution in [0.2, 0.25) is 0 Å². The highest BCUT2D eigenvalue weighted by molar-refractivity contribution is 7.92. The number of nitrogens with zero attached hydrogens (tertiary/aromatic N) is 3. The van der Waals surface area contributed by atoms with E-state index in [1.54, 1.807) is 30.6 Å². The van der Waals surface area contributed by atoms with Crippen LogP contribution in [0.15, 0.2) is 36.7 Å². The lowest BCUT2D eigenvalue weighted by molar-refractivity contribution is 0.281. The highest BCUT2D eigenvalue weighted by atomic mass is 32.2. The van der Waals surface area contributed by atoms with Gasteiger partial charge in [-0.3, -0.25) is 14.7 Å². The van der Waals surface area contributed by atoms with E-state index in [0.29, 0.717) is 28.3 Å². The maximum atomic E-state index is 11.8. The molecule has 0 radical (unpaired) electrons. The molecule has 0 saturated carbocycles. The maximum Gasteiger partial charge on any atom is 0.244 e. The first-order valence-corrected chi connectivity index (χ1v) is 10.7. The van der Waals surface area contributed by atoms with Crippen molar-refractivity contribution in [2.75, 3.05) is 11.0 Å². The molecule has 3 aromatic heterocycles. The first-order valence-electron chi connectivity index (χ1n) is 8.83. The smallest absolute Gasteiger partial charge is 0.244 e. The second-order valence-corrected chi connectivity index (χ2v) is 8.51. The van der Waals surface area contributed by atoms with E-state index < -0.39 is 10.0 Å². The van der Waals surface area contributed by atoms with E-state index in [0.717, 1.165) is 17.5 Å². The van der Waals surface area contributed by atoms with Gasteiger partial charge in [0, 0.05) is 23.7 Å². The van der Waals surface area contributed by atoms with Crippen molar-refractivity contribution in [1.29, 1.82) is 0 Å². The first-order chi connectivity index (χ1) is 13.7. The molecule has 152 valence electrons. The maximum absolute atomic E-state index is 11.8. The highest BCUT2D eigenvalue weighted by Crippen LogP contribution is 2.34. The number of anilines is 1. The van der Waals surface area contributed by atoms with E-state index in [9.17, 15) is 13.5 Å². The number of hydrogen-bond acceptors (Lipinski definition) is 7. The number of sulfonamides is 1. The van der Waals surface area contributed by atoms with Gasteiger partial charge in [0.1, 0.15) is 5.69 Å². The topological polar surface area (TPSA) is 114 Å². The summed E-state index contributed by atoms with van der Waals surface area (Å²) in [4.78, 5) is 13.0. The minimum absolute atomic E-state index is 0.0965. The molecule has 0 unspecified atom stereocenters. The molecule has 0 aromatic carbocycles. The molecule has 0 aliphatic heterocycles. The fourth-order valence-electron chi connectivity index (χ4n) is 2.93. The van der Waals surface area contributed by atoms with Crippen LogP contribution in [-0.4, -0.2) is 34.7 Å². The van der Waals surface area contributed by atoms with Gasteiger partial charge in [0.25, 0.3) is 0 Å². The Kier molecular flexibility index (Phi) is 5.81. The van der Waals surface area contributed by atoms with Crippen molar-refractivity contribution in [3.8, 4) is 22.9 Å². The molecule has 3 rings (SSSR count). The van der Waals surface area contributed by atoms with Crippen molar-refractivity contribution in [3.63, 3.8) is 0 Å². The standard InChI is InChI=1S/C20H22N4O4S/c1-12-7-13(2)22-14(3)19(12)28-20-18(24-29(4,26)27)6-5-17(23-20)16-8-15(11-25)9-21-10-16/h5-10,24-25H,11H2,1-4H3. The predicted molar refractivity (Wildman–Crippen MR) is 110 cm³/mol. The van der Waals surface area contributed by atoms with E-state index in [4.69, 9.17) is 4.74 Å². The molecule has 0 saturated heterocycles. The van der Waals surface area contributed by atoms with E-state index >= 15 is 0 Å². The van der Waals surface area contributed by atoms with Gasteiger partial charge < -0.3 is 9.84 Å². The van der Waals surface area contributed by atoms with Crippen molar-refractivity contribution in [1.82, 2.24) is 15.0 Å². The zero-order valence-electron chi connectivity index (χ0n) is 16.6. The Morgan fingerprint density at radius 1 is 1.10 bits per heavy atom. The number of ether oxygens (including phenoxy) is 1. The van der Waals surface area contributed by atoms with Crippen molar-refractivity contribution in [3.05, 3.63) is 59.2 Å². The number of aromatic nitrogens is 3. The number of nitrogens with one attached hydrogen (secondary N) is 1. The quantitative estimate of drug-likeness (QED) is 0.637. The van der Waals surface area contributed by atoms with Gasteiger partial charge >= 0.3 is 0 Å². The van der Waals surface area contributed by atoms with Crippen LogP contribution < -0.4 is 9.46 Å². The van der Waals surface area contributed by atoms with Crippen LogP contribution >= 0.6 is 0 Å². The summed E-state index contributed by atoms with van der Waals surface area (Å²) < 4.78 is 32.0. The monoisotopic (exact) mass is 414 g/mol. The average Bonchev–Trinajstić information content (AvgIpc) is 2.64. The number of hydrogen-bond donors (Lipinski definition) is 2. The van der Waals surface area contributed by atoms with Crippen LogP contribution in [0.25, 0.3) is 11.3 Å². The summed E-state index contributed by atoms with van der Waals surface area (Å²) >= 11 is 0. The van der Waals surface area contributed by atoms with E-state index in [1.807, 2.05) is 26.8 Å². The Balaban J connectivity index is 2.11. The largest absolute Gasteiger partial charge is 0.435 e. The van der Waals surface area contributed by atoms with Gasteiger partial charge in [0.2, 0.25) is 15.9 Å². The molecule has 0 amide bonds. The Morgan fingerprint density at radius 2 is 1.86 bits per heavy atom. The molecule has 8 nitrogen and oxygen atoms in total. The second-order valence-electron chi connectivity index (χ2n) is 6.76. The van der Waals surface area contributed by atoms with Gasteiger partial charge in [-0.05, 0) is 56.2 Å². The third kappa shape index (κ3) is 5.07. The van der Waals surface area contributed by atoms with Crippen LogP contribution in [0.5, 0.6) is 11.6 Å². The summed E-state index contributed by atoms with van der Waals surface area (Å²) in [6, 6.07) is 6.87. The van der Waals surface area contributed by atoms with Gasteiger partial charge in [-0.1, -0.05) is 0 Å². The molecule has 0 atom stereocenters. The fourth-order valence-corrected chi connectivity index (χ4v) is 3.49. The summed E-state index contributed by atoms with van der Waals surface area (Å²) in [6.07, 6.45) is 4.23. The van der Waals surface area contributed by atoms with Crippen molar-refractivity contribution in [2.24, 2.45) is 0 Å². The lowest BCUT2D eigenvalue weighted by Gasteiger charge is -2.15. The minimum Gasteiger partial charge on any atom is -0.435 e. The molecule has 3 aromatic rings. The molecular formula is C20H22N4O4S. The van der Waals surface area contributed by atoms with Crippen molar-refractivity contribution in [2.45, 2.75) is 27.4 Å². The first kappa shape index (κ1) is 20.7. The third-order valence-corrected chi connectivity index (χ3v) is 4.67. The number of aliphatic hydroxyl groups is 1. The molecule has 0 aliphatic carbocycles. The lowest BCUT2D eigenvalue weighted by atomic mass is 10.1. The summed E-state index contributed by atoms with van der Waals surface area (Å²) in [6.45, 7) is 5.45. The summed E-state index contributed by atoms with van der Waals surface area (Å²) in [7, 11) is -3.54. The van der Waals surface area contributed by atoms with E-state index in [2.05, 4.69) is 19.7 Å². The molecule has 3 heterocycles. The fraction of sp³-hybridized carbons (Fsp3) is 0.250. The second kappa shape index (κ2) is 8.14. The Hall–Kier alpha value is -3.04. The third-order valence-electron chi connectivity index (χ3n) is 4.08. The number of pyridine rings is 3. The number of rotatable bonds is 6. The molecule has 0 bridgehead atoms. The summed E-state index contributed by atoms with van der Waals surface area (Å²) in [5.74, 6) is 0.609. The van der Waals surface area contributed by atoms with Crippen LogP contribution in [0.1, 0.15) is 22.5 Å². The minimum atomic E-state index is -3.54. The SMILES string of the molecule is Cc1cc(C)c(Oc2nc(-c3cncc(CO)c3)ccc2NS(C)(=O)=O)c(C)n1. The Morgan fingerprint density at radius 3 is 2.52 bits per heavy atom. The predicted octanol–water partition coefficient (Wildman–Crippen LogP) is 3.12. The Bertz CT molecular complexity index is 1140. The average molecular weight is 414 g/mol. The molecule has 0 fully saturated rings. The molecular weight excluding hydrogens is 392 g/mol. The van der Waals surface area contributed by atoms with Gasteiger partial charge in [-0.25, -0.2) is 13.4 Å². The molecule has 0 aliphatic rings. The van der Waals surface area contributed by atoms with E-state index in [-0.39, 0.29) is 18.2 Å². The number of aryl methyl sites for hydroxylation is 3. The van der Waals surface area contributed by atoms with Gasteiger partial charge in [0.05, 0.1) is 24.3 Å². The zero-order chi connectivity index (χ0) is 21.2. The van der Waals surface area contributed by atoms with Gasteiger partial charge in [-0.15, -0.1) is 0 Å². The van der Waals surface area contributed by atoms with Crippen LogP contribution in [-0.2, 0) is 16.6 Å². The normalized spacial score (nSPS) is 11.3. The van der Waals surface area contributed by atoms with Crippen LogP contribution in [0.4, 0.5) is 5.69 Å². The van der Waals surface area contributed by atoms with Crippen LogP contribution in [0.3, 0.4) is 0 Å². The molecule has 9 heteroatoms. The van der Waals surface area contributed by atoms with Gasteiger partial charge in [0.15, 0.2) is 5.75 Å². The molecule has 29 heavy (non-hydrogen) atoms.